The van der Waals surface area contributed by atoms with Crippen LogP contribution < -0.4 is 42.0 Å². The smallest absolute Gasteiger partial charge is 0.418 e. The van der Waals surface area contributed by atoms with Crippen molar-refractivity contribution in [3.63, 3.8) is 0 Å². The van der Waals surface area contributed by atoms with E-state index in [0.29, 0.717) is 48.0 Å². The number of unbranched alkanes of at least 4 members (excludes halogenated alkanes) is 1. The summed E-state index contributed by atoms with van der Waals surface area (Å²) in [6.07, 6.45) is -5.37. The Morgan fingerprint density at radius 1 is 0.978 bits per heavy atom. The highest BCUT2D eigenvalue weighted by molar-refractivity contribution is 9.09. The molecule has 510 valence electrons. The Morgan fingerprint density at radius 2 is 1.66 bits per heavy atom. The molecule has 0 spiro atoms. The number of likely N-dealkylation sites (N-methyl/N-ethyl adjacent to an activating group) is 1. The van der Waals surface area contributed by atoms with Crippen LogP contribution in [-0.2, 0) is 65.0 Å². The van der Waals surface area contributed by atoms with E-state index in [4.69, 9.17) is 45.8 Å². The molecule has 92 heavy (non-hydrogen) atoms. The van der Waals surface area contributed by atoms with Crippen LogP contribution in [0.1, 0.15) is 121 Å². The van der Waals surface area contributed by atoms with Gasteiger partial charge in [-0.15, -0.1) is 0 Å². The number of nitrogens with one attached hydrogen (secondary N) is 5. The van der Waals surface area contributed by atoms with Crippen LogP contribution in [0.15, 0.2) is 54.1 Å². The summed E-state index contributed by atoms with van der Waals surface area (Å²) in [5.41, 5.74) is 0.579. The number of primary amides is 1. The number of fused-ring (bicyclic) bond motifs is 5. The lowest BCUT2D eigenvalue weighted by atomic mass is 9.83. The van der Waals surface area contributed by atoms with Crippen molar-refractivity contribution in [2.75, 3.05) is 55.7 Å². The summed E-state index contributed by atoms with van der Waals surface area (Å²) in [6.45, 7) is 11.2. The molecule has 3 aliphatic rings. The second kappa shape index (κ2) is 33.5. The zero-order valence-electron chi connectivity index (χ0n) is 53.3. The number of rotatable bonds is 25. The average molecular weight is 1450 g/mol. The fourth-order valence-electron chi connectivity index (χ4n) is 10.7. The predicted octanol–water partition coefficient (Wildman–Crippen LogP) is 7.76. The first kappa shape index (κ1) is 76.2. The molecule has 5 rings (SSSR count). The van der Waals surface area contributed by atoms with E-state index in [-0.39, 0.29) is 60.6 Å². The Balaban J connectivity index is 1.37. The SMILES string of the molecule is COc1cc2cc(c1Cl)N(C)C(=O)C[C@H](OC(=O)[C@H](C)N(C)C(=O)c1ccc(NC(=O)[C@H](CCCNC(N)=O)NC(=O)[C@@H](NC(=O)CCCCC(C)OC(=O)C(CBr)CBr)C(C)C)c(C(F)(F)F)c1)[C@]1(C)O[C@H]1[C@H](C)[C@@H]1C[C@@](O)(NC(=O)O1)[C@H](OC)/C=C/C=C(\C)C2. The zero-order chi connectivity index (χ0) is 68.7. The normalized spacial score (nSPS) is 24.0. The molecular formula is C62H84Br2ClF3N8O16. The molecular weight excluding hydrogens is 1360 g/mol. The van der Waals surface area contributed by atoms with Gasteiger partial charge in [-0.25, -0.2) is 14.4 Å². The molecule has 8 amide bonds. The topological polar surface area (TPSA) is 325 Å². The van der Waals surface area contributed by atoms with Gasteiger partial charge in [0, 0.05) is 62.7 Å². The molecule has 3 aliphatic heterocycles. The van der Waals surface area contributed by atoms with Crippen LogP contribution in [0.5, 0.6) is 5.75 Å². The number of aliphatic hydroxyl groups is 1. The standard InChI is InChI=1S/C62H84Br2ClF3N8O16/c1-32(2)51(73-48(77)20-13-12-17-34(4)89-57(83)39(30-63)31-64)54(80)72-42(18-15-23-70-58(69)84)53(79)71-41-22-21-38(27-40(41)62(66,67)68)55(81)75(8)36(6)56(82)91-47-28-49(78)76(9)43-25-37(26-44(87-10)50(43)65)24-33(3)16-14-19-46(88-11)61(86)29-45(90-59(85)74-61)35(5)52-60(47,7)92-52/h14,16,19,21-22,25-27,32,34-36,39,42,45-47,51-52,86H,12-13,15,17-18,20,23-24,28-31H2,1-11H3,(H,71,79)(H,72,80)(H,73,77)(H,74,85)(H3,69,70,84)/b19-14+,33-16+/t34?,35-,36+,42+,45+,46-,47+,51+,52+,60+,61+/m1/s1. The largest absolute Gasteiger partial charge is 0.495 e. The molecule has 2 aromatic carbocycles. The van der Waals surface area contributed by atoms with Crippen LogP contribution in [0.4, 0.5) is 34.1 Å². The number of carbonyl (C=O) groups is 9. The molecule has 30 heteroatoms. The lowest BCUT2D eigenvalue weighted by Crippen LogP contribution is -2.63. The quantitative estimate of drug-likeness (QED) is 0.0164. The molecule has 2 saturated heterocycles. The monoisotopic (exact) mass is 1450 g/mol. The van der Waals surface area contributed by atoms with Crippen LogP contribution in [-0.4, -0.2) is 169 Å². The van der Waals surface area contributed by atoms with Crippen LogP contribution in [0, 0.1) is 17.8 Å². The molecule has 3 heterocycles. The predicted molar refractivity (Wildman–Crippen MR) is 341 cm³/mol. The van der Waals surface area contributed by atoms with Gasteiger partial charge >= 0.3 is 30.2 Å². The molecule has 2 fully saturated rings. The number of esters is 2. The summed E-state index contributed by atoms with van der Waals surface area (Å²) >= 11 is 13.4. The van der Waals surface area contributed by atoms with Crippen LogP contribution >= 0.6 is 43.5 Å². The van der Waals surface area contributed by atoms with Gasteiger partial charge in [0.25, 0.3) is 5.91 Å². The molecule has 8 N–H and O–H groups in total. The molecule has 0 aliphatic carbocycles. The van der Waals surface area contributed by atoms with Gasteiger partial charge in [0.1, 0.15) is 52.8 Å². The van der Waals surface area contributed by atoms with Crippen molar-refractivity contribution in [3.8, 4) is 5.75 Å². The summed E-state index contributed by atoms with van der Waals surface area (Å²) in [5, 5.41) is 25.1. The van der Waals surface area contributed by atoms with Crippen molar-refractivity contribution in [1.82, 2.24) is 26.2 Å². The second-order valence-electron chi connectivity index (χ2n) is 23.8. The average Bonchev–Trinajstić information content (AvgIpc) is 1.57. The number of anilines is 2. The van der Waals surface area contributed by atoms with E-state index in [1.165, 1.54) is 33.1 Å². The third-order valence-electron chi connectivity index (χ3n) is 16.4. The Kier molecular flexibility index (Phi) is 27.8. The molecule has 0 saturated carbocycles. The highest BCUT2D eigenvalue weighted by Gasteiger charge is 2.64. The third-order valence-corrected chi connectivity index (χ3v) is 18.4. The van der Waals surface area contributed by atoms with Gasteiger partial charge in [0.15, 0.2) is 5.72 Å². The fraction of sp³-hybridized carbons (Fsp3) is 0.597. The Hall–Kier alpha value is -6.53. The summed E-state index contributed by atoms with van der Waals surface area (Å²) in [4.78, 5) is 123. The summed E-state index contributed by atoms with van der Waals surface area (Å²) in [6, 6.07) is 0.452. The van der Waals surface area contributed by atoms with Gasteiger partial charge in [-0.1, -0.05) is 88.0 Å². The highest BCUT2D eigenvalue weighted by Crippen LogP contribution is 2.49. The Bertz CT molecular complexity index is 3090. The van der Waals surface area contributed by atoms with Crippen LogP contribution in [0.25, 0.3) is 0 Å². The molecule has 0 aromatic heterocycles. The number of alkyl carbamates (subject to hydrolysis) is 1. The maximum absolute atomic E-state index is 15.1. The van der Waals surface area contributed by atoms with Gasteiger partial charge in [0.2, 0.25) is 23.6 Å². The molecule has 4 bridgehead atoms. The van der Waals surface area contributed by atoms with E-state index >= 15 is 13.2 Å². The summed E-state index contributed by atoms with van der Waals surface area (Å²) < 4.78 is 80.1. The van der Waals surface area contributed by atoms with Gasteiger partial charge in [-0.2, -0.15) is 13.2 Å². The molecule has 1 unspecified atom stereocenters. The first-order valence-electron chi connectivity index (χ1n) is 30.0. The van der Waals surface area contributed by atoms with Gasteiger partial charge in [-0.05, 0) is 108 Å². The van der Waals surface area contributed by atoms with Crippen molar-refractivity contribution >= 4 is 108 Å². The number of nitrogens with zero attached hydrogens (tertiary/aromatic N) is 2. The number of urea groups is 1. The van der Waals surface area contributed by atoms with E-state index in [9.17, 15) is 48.3 Å². The fourth-order valence-corrected chi connectivity index (χ4v) is 12.6. The number of epoxide rings is 1. The van der Waals surface area contributed by atoms with Crippen molar-refractivity contribution in [1.29, 1.82) is 0 Å². The minimum atomic E-state index is -5.22. The van der Waals surface area contributed by atoms with E-state index in [1.807, 2.05) is 6.92 Å². The number of alkyl halides is 5. The number of carbonyl (C=O) groups excluding carboxylic acids is 9. The van der Waals surface area contributed by atoms with Crippen molar-refractivity contribution in [3.05, 3.63) is 75.8 Å². The number of allylic oxidation sites excluding steroid dienone is 3. The number of methoxy groups -OCH3 is 2. The maximum Gasteiger partial charge on any atom is 0.418 e. The Labute approximate surface area is 554 Å². The van der Waals surface area contributed by atoms with E-state index in [1.54, 1.807) is 65.0 Å². The maximum atomic E-state index is 15.1. The van der Waals surface area contributed by atoms with Gasteiger partial charge < -0.3 is 70.3 Å². The van der Waals surface area contributed by atoms with Gasteiger partial charge in [-0.3, -0.25) is 34.1 Å². The molecule has 0 radical (unpaired) electrons. The lowest BCUT2D eigenvalue weighted by molar-refractivity contribution is -0.158. The van der Waals surface area contributed by atoms with E-state index in [2.05, 4.69) is 58.4 Å². The van der Waals surface area contributed by atoms with Gasteiger partial charge in [0.05, 0.1) is 48.6 Å². The number of nitrogens with two attached hydrogens (primary N) is 1. The number of halogens is 6. The van der Waals surface area contributed by atoms with Crippen LogP contribution in [0.3, 0.4) is 0 Å². The van der Waals surface area contributed by atoms with E-state index < -0.39 is 149 Å². The molecule has 24 nitrogen and oxygen atoms in total. The first-order chi connectivity index (χ1) is 43.1. The summed E-state index contributed by atoms with van der Waals surface area (Å²) in [7, 11) is 5.36. The van der Waals surface area contributed by atoms with Crippen molar-refractivity contribution in [2.45, 2.75) is 172 Å². The second-order valence-corrected chi connectivity index (χ2v) is 25.5. The highest BCUT2D eigenvalue weighted by atomic mass is 79.9. The number of ether oxygens (including phenoxy) is 6. The molecule has 2 aromatic rings. The summed E-state index contributed by atoms with van der Waals surface area (Å²) in [5.74, 6) is -7.10. The van der Waals surface area contributed by atoms with Crippen molar-refractivity contribution < 1.29 is 89.8 Å². The number of amides is 8. The number of hydrogen-bond donors (Lipinski definition) is 7. The first-order valence-corrected chi connectivity index (χ1v) is 32.6. The number of benzene rings is 2. The Morgan fingerprint density at radius 3 is 2.28 bits per heavy atom. The minimum absolute atomic E-state index is 0.00134. The lowest BCUT2D eigenvalue weighted by Gasteiger charge is -2.42. The van der Waals surface area contributed by atoms with E-state index in [0.717, 1.165) is 29.7 Å². The number of hydrogen-bond acceptors (Lipinski definition) is 16. The third kappa shape index (κ3) is 20.2. The van der Waals surface area contributed by atoms with Crippen LogP contribution in [0.2, 0.25) is 5.02 Å². The van der Waals surface area contributed by atoms with Crippen molar-refractivity contribution in [2.24, 2.45) is 23.5 Å². The zero-order valence-corrected chi connectivity index (χ0v) is 57.2. The minimum Gasteiger partial charge on any atom is -0.495 e. The molecule has 11 atom stereocenters.